The highest BCUT2D eigenvalue weighted by molar-refractivity contribution is 7.11. The van der Waals surface area contributed by atoms with E-state index in [0.29, 0.717) is 5.92 Å². The van der Waals surface area contributed by atoms with Crippen molar-refractivity contribution < 1.29 is 4.74 Å². The molecule has 1 saturated heterocycles. The first-order valence-electron chi connectivity index (χ1n) is 7.66. The van der Waals surface area contributed by atoms with Gasteiger partial charge in [0.05, 0.1) is 10.7 Å². The van der Waals surface area contributed by atoms with Gasteiger partial charge in [0.2, 0.25) is 0 Å². The summed E-state index contributed by atoms with van der Waals surface area (Å²) in [7, 11) is 0. The van der Waals surface area contributed by atoms with Gasteiger partial charge in [-0.05, 0) is 38.6 Å². The van der Waals surface area contributed by atoms with Crippen molar-refractivity contribution in [1.82, 2.24) is 10.3 Å². The predicted molar refractivity (Wildman–Crippen MR) is 78.9 cm³/mol. The van der Waals surface area contributed by atoms with Crippen LogP contribution in [0, 0.1) is 0 Å². The highest BCUT2D eigenvalue weighted by Gasteiger charge is 2.31. The molecule has 0 radical (unpaired) electrons. The Bertz CT molecular complexity index is 408. The summed E-state index contributed by atoms with van der Waals surface area (Å²) in [6, 6.07) is 0. The summed E-state index contributed by atoms with van der Waals surface area (Å²) in [5, 5.41) is 4.91. The van der Waals surface area contributed by atoms with Crippen LogP contribution in [-0.2, 0) is 11.3 Å². The minimum Gasteiger partial charge on any atom is -0.381 e. The fourth-order valence-electron chi connectivity index (χ4n) is 2.68. The van der Waals surface area contributed by atoms with E-state index >= 15 is 0 Å². The van der Waals surface area contributed by atoms with E-state index in [2.05, 4.69) is 12.2 Å². The second-order valence-corrected chi connectivity index (χ2v) is 6.81. The van der Waals surface area contributed by atoms with Crippen LogP contribution >= 0.6 is 11.3 Å². The van der Waals surface area contributed by atoms with Crippen LogP contribution in [-0.4, -0.2) is 24.7 Å². The number of rotatable bonds is 6. The van der Waals surface area contributed by atoms with E-state index in [1.165, 1.54) is 34.8 Å². The monoisotopic (exact) mass is 280 g/mol. The van der Waals surface area contributed by atoms with Crippen LogP contribution < -0.4 is 5.32 Å². The van der Waals surface area contributed by atoms with Gasteiger partial charge in [-0.25, -0.2) is 4.98 Å². The molecule has 19 heavy (non-hydrogen) atoms. The quantitative estimate of drug-likeness (QED) is 0.811. The van der Waals surface area contributed by atoms with Crippen molar-refractivity contribution in [3.05, 3.63) is 15.6 Å². The summed E-state index contributed by atoms with van der Waals surface area (Å²) in [6.07, 6.45) is 6.19. The van der Waals surface area contributed by atoms with Gasteiger partial charge in [0.1, 0.15) is 0 Å². The lowest BCUT2D eigenvalue weighted by molar-refractivity contribution is 0.0852. The summed E-state index contributed by atoms with van der Waals surface area (Å²) in [6.45, 7) is 6.16. The number of aromatic nitrogens is 1. The molecule has 1 aliphatic carbocycles. The number of ether oxygens (including phenoxy) is 1. The molecule has 106 valence electrons. The summed E-state index contributed by atoms with van der Waals surface area (Å²) in [5.74, 6) is 1.42. The molecule has 2 heterocycles. The Labute approximate surface area is 119 Å². The Morgan fingerprint density at radius 1 is 1.21 bits per heavy atom. The minimum atomic E-state index is 0.649. The van der Waals surface area contributed by atoms with Crippen LogP contribution in [0.4, 0.5) is 0 Å². The standard InChI is InChI=1S/C15H24N2OS/c1-2-7-16-10-13-14(11-3-4-11)17-15(19-13)12-5-8-18-9-6-12/h11-12,16H,2-10H2,1H3. The molecule has 0 bridgehead atoms. The SMILES string of the molecule is CCCNCc1sc(C2CCOCC2)nc1C1CC1. The molecule has 2 aliphatic rings. The third kappa shape index (κ3) is 3.36. The largest absolute Gasteiger partial charge is 0.381 e. The maximum Gasteiger partial charge on any atom is 0.0964 e. The van der Waals surface area contributed by atoms with Crippen LogP contribution in [0.5, 0.6) is 0 Å². The van der Waals surface area contributed by atoms with Gasteiger partial charge < -0.3 is 10.1 Å². The van der Waals surface area contributed by atoms with Crippen molar-refractivity contribution >= 4 is 11.3 Å². The van der Waals surface area contributed by atoms with Crippen molar-refractivity contribution in [3.8, 4) is 0 Å². The van der Waals surface area contributed by atoms with Crippen LogP contribution in [0.3, 0.4) is 0 Å². The zero-order chi connectivity index (χ0) is 13.1. The zero-order valence-corrected chi connectivity index (χ0v) is 12.6. The van der Waals surface area contributed by atoms with Crippen molar-refractivity contribution in [2.45, 2.75) is 57.4 Å². The average molecular weight is 280 g/mol. The molecule has 3 rings (SSSR count). The van der Waals surface area contributed by atoms with Crippen molar-refractivity contribution in [2.24, 2.45) is 0 Å². The third-order valence-corrected chi connectivity index (χ3v) is 5.22. The Morgan fingerprint density at radius 3 is 2.68 bits per heavy atom. The van der Waals surface area contributed by atoms with Crippen molar-refractivity contribution in [2.75, 3.05) is 19.8 Å². The number of hydrogen-bond acceptors (Lipinski definition) is 4. The van der Waals surface area contributed by atoms with E-state index in [-0.39, 0.29) is 0 Å². The molecule has 1 N–H and O–H groups in total. The molecule has 4 heteroatoms. The van der Waals surface area contributed by atoms with Gasteiger partial charge in [0.15, 0.2) is 0 Å². The Kier molecular flexibility index (Phi) is 4.51. The second kappa shape index (κ2) is 6.33. The molecule has 3 nitrogen and oxygen atoms in total. The van der Waals surface area contributed by atoms with Gasteiger partial charge in [-0.15, -0.1) is 11.3 Å². The second-order valence-electron chi connectivity index (χ2n) is 5.70. The average Bonchev–Trinajstić information content (AvgIpc) is 3.21. The Hall–Kier alpha value is -0.450. The normalized spacial score (nSPS) is 20.9. The number of nitrogens with zero attached hydrogens (tertiary/aromatic N) is 1. The lowest BCUT2D eigenvalue weighted by Crippen LogP contribution is -2.13. The molecular weight excluding hydrogens is 256 g/mol. The highest BCUT2D eigenvalue weighted by atomic mass is 32.1. The van der Waals surface area contributed by atoms with Crippen LogP contribution in [0.25, 0.3) is 0 Å². The summed E-state index contributed by atoms with van der Waals surface area (Å²) >= 11 is 1.96. The Morgan fingerprint density at radius 2 is 2.00 bits per heavy atom. The van der Waals surface area contributed by atoms with E-state index in [9.17, 15) is 0 Å². The summed E-state index contributed by atoms with van der Waals surface area (Å²) < 4.78 is 5.46. The van der Waals surface area contributed by atoms with E-state index < -0.39 is 0 Å². The van der Waals surface area contributed by atoms with Crippen molar-refractivity contribution in [1.29, 1.82) is 0 Å². The summed E-state index contributed by atoms with van der Waals surface area (Å²) in [4.78, 5) is 6.50. The molecule has 0 aromatic carbocycles. The first kappa shape index (κ1) is 13.5. The van der Waals surface area contributed by atoms with Crippen LogP contribution in [0.15, 0.2) is 0 Å². The molecule has 0 atom stereocenters. The van der Waals surface area contributed by atoms with Gasteiger partial charge in [-0.3, -0.25) is 0 Å². The maximum absolute atomic E-state index is 5.46. The minimum absolute atomic E-state index is 0.649. The zero-order valence-electron chi connectivity index (χ0n) is 11.8. The lowest BCUT2D eigenvalue weighted by atomic mass is 10.0. The Balaban J connectivity index is 1.71. The van der Waals surface area contributed by atoms with E-state index in [0.717, 1.165) is 45.1 Å². The number of thiazole rings is 1. The van der Waals surface area contributed by atoms with Gasteiger partial charge in [-0.2, -0.15) is 0 Å². The third-order valence-electron chi connectivity index (χ3n) is 3.99. The van der Waals surface area contributed by atoms with Crippen LogP contribution in [0.2, 0.25) is 0 Å². The van der Waals surface area contributed by atoms with Gasteiger partial charge >= 0.3 is 0 Å². The first-order valence-corrected chi connectivity index (χ1v) is 8.48. The smallest absolute Gasteiger partial charge is 0.0964 e. The lowest BCUT2D eigenvalue weighted by Gasteiger charge is -2.19. The molecule has 0 amide bonds. The molecule has 1 aromatic rings. The molecule has 0 unspecified atom stereocenters. The maximum atomic E-state index is 5.46. The van der Waals surface area contributed by atoms with E-state index in [1.54, 1.807) is 0 Å². The summed E-state index contributed by atoms with van der Waals surface area (Å²) in [5.41, 5.74) is 1.41. The number of nitrogens with one attached hydrogen (secondary N) is 1. The van der Waals surface area contributed by atoms with E-state index in [4.69, 9.17) is 9.72 Å². The predicted octanol–water partition coefficient (Wildman–Crippen LogP) is 3.41. The van der Waals surface area contributed by atoms with Crippen LogP contribution in [0.1, 0.15) is 66.4 Å². The van der Waals surface area contributed by atoms with Crippen molar-refractivity contribution in [3.63, 3.8) is 0 Å². The number of hydrogen-bond donors (Lipinski definition) is 1. The van der Waals surface area contributed by atoms with Gasteiger partial charge in [0, 0.05) is 36.5 Å². The molecular formula is C15H24N2OS. The fraction of sp³-hybridized carbons (Fsp3) is 0.800. The first-order chi connectivity index (χ1) is 9.38. The topological polar surface area (TPSA) is 34.1 Å². The molecule has 0 spiro atoms. The molecule has 1 aliphatic heterocycles. The highest BCUT2D eigenvalue weighted by Crippen LogP contribution is 2.44. The molecule has 2 fully saturated rings. The van der Waals surface area contributed by atoms with E-state index in [1.807, 2.05) is 11.3 Å². The van der Waals surface area contributed by atoms with Gasteiger partial charge in [0.25, 0.3) is 0 Å². The molecule has 1 aromatic heterocycles. The molecule has 1 saturated carbocycles. The van der Waals surface area contributed by atoms with Gasteiger partial charge in [-0.1, -0.05) is 6.92 Å². The fourth-order valence-corrected chi connectivity index (χ4v) is 3.97.